The van der Waals surface area contributed by atoms with Gasteiger partial charge in [0.1, 0.15) is 6.04 Å². The second-order valence-corrected chi connectivity index (χ2v) is 5.94. The Kier molecular flexibility index (Phi) is 7.68. The Labute approximate surface area is 116 Å². The van der Waals surface area contributed by atoms with E-state index in [4.69, 9.17) is 0 Å². The highest BCUT2D eigenvalue weighted by Crippen LogP contribution is 2.03. The molecule has 0 saturated heterocycles. The van der Waals surface area contributed by atoms with Gasteiger partial charge in [0.05, 0.1) is 6.04 Å². The fourth-order valence-electron chi connectivity index (χ4n) is 1.71. The molecular weight excluding hydrogens is 242 g/mol. The first kappa shape index (κ1) is 17.9. The zero-order valence-corrected chi connectivity index (χ0v) is 13.2. The topological polar surface area (TPSA) is 70.2 Å². The molecule has 0 spiro atoms. The summed E-state index contributed by atoms with van der Waals surface area (Å²) in [4.78, 5) is 23.9. The van der Waals surface area contributed by atoms with Gasteiger partial charge in [0.15, 0.2) is 0 Å². The van der Waals surface area contributed by atoms with Crippen LogP contribution in [0, 0.1) is 5.92 Å². The maximum atomic E-state index is 12.2. The monoisotopic (exact) mass is 271 g/mol. The van der Waals surface area contributed by atoms with Crippen LogP contribution >= 0.6 is 0 Å². The maximum Gasteiger partial charge on any atom is 0.242 e. The SMILES string of the molecule is CC(C)NC(=O)[C@H](C)NC(=O)[C@@H](NC(C)C)C(C)C. The van der Waals surface area contributed by atoms with Crippen LogP contribution in [0.1, 0.15) is 48.5 Å². The Morgan fingerprint density at radius 3 is 1.63 bits per heavy atom. The molecular formula is C14H29N3O2. The third kappa shape index (κ3) is 7.15. The zero-order chi connectivity index (χ0) is 15.2. The highest BCUT2D eigenvalue weighted by Gasteiger charge is 2.25. The van der Waals surface area contributed by atoms with Crippen molar-refractivity contribution in [3.05, 3.63) is 0 Å². The predicted octanol–water partition coefficient (Wildman–Crippen LogP) is 1.04. The van der Waals surface area contributed by atoms with Crippen molar-refractivity contribution >= 4 is 11.8 Å². The Morgan fingerprint density at radius 2 is 1.26 bits per heavy atom. The van der Waals surface area contributed by atoms with Gasteiger partial charge in [0, 0.05) is 12.1 Å². The van der Waals surface area contributed by atoms with Crippen molar-refractivity contribution in [2.45, 2.75) is 72.6 Å². The molecule has 0 heterocycles. The van der Waals surface area contributed by atoms with Crippen molar-refractivity contribution in [3.8, 4) is 0 Å². The van der Waals surface area contributed by atoms with Crippen LogP contribution in [0.4, 0.5) is 0 Å². The van der Waals surface area contributed by atoms with E-state index in [2.05, 4.69) is 16.0 Å². The highest BCUT2D eigenvalue weighted by molar-refractivity contribution is 5.89. The fourth-order valence-corrected chi connectivity index (χ4v) is 1.71. The highest BCUT2D eigenvalue weighted by atomic mass is 16.2. The summed E-state index contributed by atoms with van der Waals surface area (Å²) in [6, 6.07) is -0.515. The summed E-state index contributed by atoms with van der Waals surface area (Å²) in [5, 5.41) is 8.76. The van der Waals surface area contributed by atoms with Gasteiger partial charge in [-0.25, -0.2) is 0 Å². The second-order valence-electron chi connectivity index (χ2n) is 5.94. The minimum atomic E-state index is -0.523. The molecule has 0 bridgehead atoms. The van der Waals surface area contributed by atoms with E-state index in [1.165, 1.54) is 0 Å². The second kappa shape index (κ2) is 8.15. The maximum absolute atomic E-state index is 12.2. The van der Waals surface area contributed by atoms with Gasteiger partial charge in [-0.2, -0.15) is 0 Å². The lowest BCUT2D eigenvalue weighted by atomic mass is 10.0. The van der Waals surface area contributed by atoms with E-state index in [1.54, 1.807) is 6.92 Å². The summed E-state index contributed by atoms with van der Waals surface area (Å²) in [6.07, 6.45) is 0. The van der Waals surface area contributed by atoms with Crippen molar-refractivity contribution in [1.82, 2.24) is 16.0 Å². The predicted molar refractivity (Wildman–Crippen MR) is 77.8 cm³/mol. The van der Waals surface area contributed by atoms with Crippen molar-refractivity contribution < 1.29 is 9.59 Å². The van der Waals surface area contributed by atoms with Crippen molar-refractivity contribution in [1.29, 1.82) is 0 Å². The van der Waals surface area contributed by atoms with Crippen molar-refractivity contribution in [2.75, 3.05) is 0 Å². The molecule has 19 heavy (non-hydrogen) atoms. The van der Waals surface area contributed by atoms with Gasteiger partial charge >= 0.3 is 0 Å². The van der Waals surface area contributed by atoms with Crippen molar-refractivity contribution in [2.24, 2.45) is 5.92 Å². The van der Waals surface area contributed by atoms with Gasteiger partial charge in [0.25, 0.3) is 0 Å². The number of hydrogen-bond acceptors (Lipinski definition) is 3. The van der Waals surface area contributed by atoms with E-state index < -0.39 is 6.04 Å². The number of rotatable bonds is 7. The van der Waals surface area contributed by atoms with Gasteiger partial charge in [-0.15, -0.1) is 0 Å². The molecule has 0 saturated carbocycles. The van der Waals surface area contributed by atoms with Gasteiger partial charge in [-0.05, 0) is 26.7 Å². The molecule has 112 valence electrons. The molecule has 0 aromatic carbocycles. The number of hydrogen-bond donors (Lipinski definition) is 3. The quantitative estimate of drug-likeness (QED) is 0.648. The van der Waals surface area contributed by atoms with Gasteiger partial charge in [0.2, 0.25) is 11.8 Å². The molecule has 0 aliphatic heterocycles. The minimum Gasteiger partial charge on any atom is -0.352 e. The van der Waals surface area contributed by atoms with Crippen LogP contribution in [-0.2, 0) is 9.59 Å². The molecule has 0 rings (SSSR count). The van der Waals surface area contributed by atoms with E-state index in [0.717, 1.165) is 0 Å². The number of carbonyl (C=O) groups excluding carboxylic acids is 2. The molecule has 5 nitrogen and oxygen atoms in total. The van der Waals surface area contributed by atoms with Crippen LogP contribution in [0.5, 0.6) is 0 Å². The summed E-state index contributed by atoms with van der Waals surface area (Å²) in [5.74, 6) is -0.117. The summed E-state index contributed by atoms with van der Waals surface area (Å²) in [5.41, 5.74) is 0. The van der Waals surface area contributed by atoms with Crippen LogP contribution in [0.3, 0.4) is 0 Å². The molecule has 5 heteroatoms. The van der Waals surface area contributed by atoms with Crippen LogP contribution in [0.2, 0.25) is 0 Å². The first-order valence-electron chi connectivity index (χ1n) is 7.02. The molecule has 2 atom stereocenters. The smallest absolute Gasteiger partial charge is 0.242 e. The van der Waals surface area contributed by atoms with Crippen LogP contribution < -0.4 is 16.0 Å². The summed E-state index contributed by atoms with van der Waals surface area (Å²) in [6.45, 7) is 13.4. The Bertz CT molecular complexity index is 301. The van der Waals surface area contributed by atoms with Gasteiger partial charge in [-0.3, -0.25) is 9.59 Å². The summed E-state index contributed by atoms with van der Waals surface area (Å²) in [7, 11) is 0. The van der Waals surface area contributed by atoms with E-state index in [1.807, 2.05) is 41.5 Å². The average molecular weight is 271 g/mol. The van der Waals surface area contributed by atoms with E-state index in [0.29, 0.717) is 0 Å². The lowest BCUT2D eigenvalue weighted by Gasteiger charge is -2.25. The lowest BCUT2D eigenvalue weighted by molar-refractivity contribution is -0.130. The molecule has 0 unspecified atom stereocenters. The normalized spacial score (nSPS) is 14.6. The molecule has 0 aromatic heterocycles. The molecule has 0 radical (unpaired) electrons. The van der Waals surface area contributed by atoms with Crippen molar-refractivity contribution in [3.63, 3.8) is 0 Å². The van der Waals surface area contributed by atoms with E-state index >= 15 is 0 Å². The van der Waals surface area contributed by atoms with Crippen LogP contribution in [0.15, 0.2) is 0 Å². The number of amides is 2. The molecule has 0 fully saturated rings. The molecule has 0 aliphatic rings. The fraction of sp³-hybridized carbons (Fsp3) is 0.857. The van der Waals surface area contributed by atoms with Gasteiger partial charge < -0.3 is 16.0 Å². The molecule has 2 amide bonds. The summed E-state index contributed by atoms with van der Waals surface area (Å²) >= 11 is 0. The number of carbonyl (C=O) groups is 2. The molecule has 0 aromatic rings. The minimum absolute atomic E-state index is 0.0709. The Balaban J connectivity index is 4.50. The van der Waals surface area contributed by atoms with E-state index in [9.17, 15) is 9.59 Å². The first-order valence-corrected chi connectivity index (χ1v) is 7.02. The molecule has 0 aliphatic carbocycles. The zero-order valence-electron chi connectivity index (χ0n) is 13.2. The Morgan fingerprint density at radius 1 is 0.737 bits per heavy atom. The average Bonchev–Trinajstić information content (AvgIpc) is 2.23. The molecule has 3 N–H and O–H groups in total. The first-order chi connectivity index (χ1) is 8.65. The number of nitrogens with one attached hydrogen (secondary N) is 3. The Hall–Kier alpha value is -1.10. The standard InChI is InChI=1S/C14H29N3O2/c1-8(2)12(15-9(3)4)14(19)17-11(7)13(18)16-10(5)6/h8-12,15H,1-7H3,(H,16,18)(H,17,19)/t11-,12-/m0/s1. The van der Waals surface area contributed by atoms with Crippen LogP contribution in [-0.4, -0.2) is 36.0 Å². The largest absolute Gasteiger partial charge is 0.352 e. The third-order valence-corrected chi connectivity index (χ3v) is 2.65. The van der Waals surface area contributed by atoms with E-state index in [-0.39, 0.29) is 35.9 Å². The van der Waals surface area contributed by atoms with Gasteiger partial charge in [-0.1, -0.05) is 27.7 Å². The third-order valence-electron chi connectivity index (χ3n) is 2.65. The summed E-state index contributed by atoms with van der Waals surface area (Å²) < 4.78 is 0. The van der Waals surface area contributed by atoms with Crippen LogP contribution in [0.25, 0.3) is 0 Å². The lowest BCUT2D eigenvalue weighted by Crippen LogP contribution is -2.55.